The minimum absolute atomic E-state index is 0.136. The average molecular weight is 507 g/mol. The van der Waals surface area contributed by atoms with Gasteiger partial charge in [-0.05, 0) is 38.0 Å². The maximum atomic E-state index is 13.4. The maximum Gasteiger partial charge on any atom is 0.338 e. The number of furan rings is 1. The molecule has 1 aromatic carbocycles. The van der Waals surface area contributed by atoms with Crippen LogP contribution in [0.1, 0.15) is 41.1 Å². The summed E-state index contributed by atoms with van der Waals surface area (Å²) in [6, 6.07) is 10.2. The van der Waals surface area contributed by atoms with Gasteiger partial charge in [0.1, 0.15) is 0 Å². The first-order valence-corrected chi connectivity index (χ1v) is 12.6. The van der Waals surface area contributed by atoms with E-state index in [1.165, 1.54) is 6.26 Å². The predicted molar refractivity (Wildman–Crippen MR) is 139 cm³/mol. The molecule has 9 nitrogen and oxygen atoms in total. The fraction of sp³-hybridized carbons (Fsp3) is 0.393. The standard InChI is InChI=1S/C28H34N4O5/c1-4-12-32-22(19-30-13-8-14-31(16-15-30)26(33)23-11-7-17-37-23)24(27(34)36-5-2)25(29-28(32)35)21-10-6-9-20(3)18-21/h4,6-7,9-11,17-18,25H,1,5,8,12-16,19H2,2-3H3,(H,29,35). The van der Waals surface area contributed by atoms with Crippen molar-refractivity contribution >= 4 is 17.9 Å². The monoisotopic (exact) mass is 506 g/mol. The number of ether oxygens (including phenoxy) is 1. The summed E-state index contributed by atoms with van der Waals surface area (Å²) in [4.78, 5) is 44.9. The smallest absolute Gasteiger partial charge is 0.338 e. The molecule has 0 bridgehead atoms. The van der Waals surface area contributed by atoms with Gasteiger partial charge in [-0.3, -0.25) is 14.6 Å². The first-order valence-electron chi connectivity index (χ1n) is 12.6. The number of rotatable bonds is 8. The number of benzene rings is 1. The van der Waals surface area contributed by atoms with Crippen LogP contribution in [0.15, 0.2) is 71.0 Å². The molecule has 1 saturated heterocycles. The molecule has 0 saturated carbocycles. The second-order valence-electron chi connectivity index (χ2n) is 9.18. The van der Waals surface area contributed by atoms with Crippen molar-refractivity contribution in [2.75, 3.05) is 45.9 Å². The van der Waals surface area contributed by atoms with Gasteiger partial charge in [0.15, 0.2) is 5.76 Å². The minimum Gasteiger partial charge on any atom is -0.463 e. The van der Waals surface area contributed by atoms with Gasteiger partial charge in [0.25, 0.3) is 5.91 Å². The van der Waals surface area contributed by atoms with Crippen LogP contribution in [-0.2, 0) is 9.53 Å². The highest BCUT2D eigenvalue weighted by Crippen LogP contribution is 2.32. The Morgan fingerprint density at radius 2 is 2.03 bits per heavy atom. The Kier molecular flexibility index (Phi) is 8.45. The summed E-state index contributed by atoms with van der Waals surface area (Å²) < 4.78 is 10.8. The Morgan fingerprint density at radius 3 is 2.73 bits per heavy atom. The van der Waals surface area contributed by atoms with Crippen LogP contribution in [0.25, 0.3) is 0 Å². The van der Waals surface area contributed by atoms with Crippen LogP contribution >= 0.6 is 0 Å². The highest BCUT2D eigenvalue weighted by atomic mass is 16.5. The number of hydrogen-bond acceptors (Lipinski definition) is 6. The number of esters is 1. The molecule has 0 spiro atoms. The molecule has 3 amide bonds. The molecule has 1 N–H and O–H groups in total. The van der Waals surface area contributed by atoms with E-state index in [-0.39, 0.29) is 25.1 Å². The lowest BCUT2D eigenvalue weighted by atomic mass is 9.93. The first kappa shape index (κ1) is 26.2. The second-order valence-corrected chi connectivity index (χ2v) is 9.18. The van der Waals surface area contributed by atoms with E-state index in [1.807, 2.05) is 31.2 Å². The number of urea groups is 1. The molecule has 2 aliphatic heterocycles. The van der Waals surface area contributed by atoms with Crippen molar-refractivity contribution in [2.45, 2.75) is 26.3 Å². The number of carbonyl (C=O) groups is 3. The molecule has 1 aromatic heterocycles. The van der Waals surface area contributed by atoms with Gasteiger partial charge in [-0.2, -0.15) is 0 Å². The Labute approximate surface area is 217 Å². The van der Waals surface area contributed by atoms with Gasteiger partial charge < -0.3 is 19.4 Å². The molecule has 2 aliphatic rings. The number of aryl methyl sites for hydroxylation is 1. The summed E-state index contributed by atoms with van der Waals surface area (Å²) in [5.74, 6) is -0.270. The van der Waals surface area contributed by atoms with Crippen molar-refractivity contribution in [2.24, 2.45) is 0 Å². The quantitative estimate of drug-likeness (QED) is 0.435. The van der Waals surface area contributed by atoms with Gasteiger partial charge in [0.2, 0.25) is 0 Å². The van der Waals surface area contributed by atoms with E-state index in [4.69, 9.17) is 9.15 Å². The van der Waals surface area contributed by atoms with Gasteiger partial charge >= 0.3 is 12.0 Å². The summed E-state index contributed by atoms with van der Waals surface area (Å²) in [6.07, 6.45) is 3.89. The Bertz CT molecular complexity index is 1170. The zero-order valence-electron chi connectivity index (χ0n) is 21.4. The molecule has 2 aromatic rings. The lowest BCUT2D eigenvalue weighted by Crippen LogP contribution is -2.51. The van der Waals surface area contributed by atoms with Crippen molar-refractivity contribution in [1.29, 1.82) is 0 Å². The zero-order chi connectivity index (χ0) is 26.4. The Hall–Kier alpha value is -3.85. The van der Waals surface area contributed by atoms with Crippen molar-refractivity contribution in [3.05, 3.63) is 83.5 Å². The highest BCUT2D eigenvalue weighted by Gasteiger charge is 2.38. The minimum atomic E-state index is -0.633. The van der Waals surface area contributed by atoms with Gasteiger partial charge in [-0.1, -0.05) is 35.9 Å². The topological polar surface area (TPSA) is 95.3 Å². The number of nitrogens with one attached hydrogen (secondary N) is 1. The number of nitrogens with zero attached hydrogens (tertiary/aromatic N) is 3. The molecule has 1 unspecified atom stereocenters. The fourth-order valence-electron chi connectivity index (χ4n) is 4.85. The van der Waals surface area contributed by atoms with E-state index < -0.39 is 12.0 Å². The average Bonchev–Trinajstić information content (AvgIpc) is 3.32. The molecule has 0 radical (unpaired) electrons. The maximum absolute atomic E-state index is 13.4. The van der Waals surface area contributed by atoms with E-state index in [0.717, 1.165) is 17.5 Å². The number of carbonyl (C=O) groups excluding carboxylic acids is 3. The third kappa shape index (κ3) is 5.94. The molecule has 0 aliphatic carbocycles. The van der Waals surface area contributed by atoms with Crippen LogP contribution in [0.5, 0.6) is 0 Å². The molecule has 3 heterocycles. The number of hydrogen-bond donors (Lipinski definition) is 1. The molecule has 4 rings (SSSR count). The van der Waals surface area contributed by atoms with E-state index in [9.17, 15) is 14.4 Å². The van der Waals surface area contributed by atoms with E-state index in [1.54, 1.807) is 34.9 Å². The van der Waals surface area contributed by atoms with Crippen LogP contribution < -0.4 is 5.32 Å². The summed E-state index contributed by atoms with van der Waals surface area (Å²) >= 11 is 0. The lowest BCUT2D eigenvalue weighted by Gasteiger charge is -2.38. The van der Waals surface area contributed by atoms with E-state index in [2.05, 4.69) is 16.8 Å². The van der Waals surface area contributed by atoms with E-state index >= 15 is 0 Å². The van der Waals surface area contributed by atoms with Crippen molar-refractivity contribution < 1.29 is 23.5 Å². The van der Waals surface area contributed by atoms with Crippen LogP contribution in [0.3, 0.4) is 0 Å². The third-order valence-corrected chi connectivity index (χ3v) is 6.60. The molecule has 1 fully saturated rings. The first-order chi connectivity index (χ1) is 17.9. The summed E-state index contributed by atoms with van der Waals surface area (Å²) in [5.41, 5.74) is 2.86. The van der Waals surface area contributed by atoms with Gasteiger partial charge in [0.05, 0.1) is 24.5 Å². The third-order valence-electron chi connectivity index (χ3n) is 6.60. The molecular weight excluding hydrogens is 472 g/mol. The van der Waals surface area contributed by atoms with E-state index in [0.29, 0.717) is 49.8 Å². The SMILES string of the molecule is C=CCN1C(=O)NC(c2cccc(C)c2)C(C(=O)OCC)=C1CN1CCCN(C(=O)c2ccco2)CC1. The zero-order valence-corrected chi connectivity index (χ0v) is 21.4. The van der Waals surface area contributed by atoms with Crippen LogP contribution in [-0.4, -0.2) is 78.5 Å². The molecular formula is C28H34N4O5. The van der Waals surface area contributed by atoms with Crippen LogP contribution in [0.4, 0.5) is 4.79 Å². The second kappa shape index (κ2) is 11.9. The van der Waals surface area contributed by atoms with Gasteiger partial charge in [-0.25, -0.2) is 9.59 Å². The normalized spacial score (nSPS) is 18.9. The Balaban J connectivity index is 1.66. The highest BCUT2D eigenvalue weighted by molar-refractivity contribution is 5.95. The predicted octanol–water partition coefficient (Wildman–Crippen LogP) is 3.51. The van der Waals surface area contributed by atoms with Crippen molar-refractivity contribution in [3.63, 3.8) is 0 Å². The molecule has 37 heavy (non-hydrogen) atoms. The fourth-order valence-corrected chi connectivity index (χ4v) is 4.85. The van der Waals surface area contributed by atoms with Gasteiger partial charge in [0, 0.05) is 45.0 Å². The summed E-state index contributed by atoms with van der Waals surface area (Å²) in [5, 5.41) is 3.00. The number of amides is 3. The largest absolute Gasteiger partial charge is 0.463 e. The molecule has 1 atom stereocenters. The summed E-state index contributed by atoms with van der Waals surface area (Å²) in [7, 11) is 0. The Morgan fingerprint density at radius 1 is 1.19 bits per heavy atom. The molecule has 196 valence electrons. The van der Waals surface area contributed by atoms with Crippen molar-refractivity contribution in [3.8, 4) is 0 Å². The summed E-state index contributed by atoms with van der Waals surface area (Å²) in [6.45, 7) is 10.8. The molecule has 9 heteroatoms. The lowest BCUT2D eigenvalue weighted by molar-refractivity contribution is -0.139. The van der Waals surface area contributed by atoms with Crippen LogP contribution in [0, 0.1) is 6.92 Å². The van der Waals surface area contributed by atoms with Crippen LogP contribution in [0.2, 0.25) is 0 Å². The van der Waals surface area contributed by atoms with Gasteiger partial charge in [-0.15, -0.1) is 6.58 Å². The van der Waals surface area contributed by atoms with Crippen molar-refractivity contribution in [1.82, 2.24) is 20.0 Å².